The van der Waals surface area contributed by atoms with Crippen molar-refractivity contribution >= 4 is 17.5 Å². The number of benzene rings is 3. The Morgan fingerprint density at radius 1 is 0.838 bits per heavy atom. The van der Waals surface area contributed by atoms with Gasteiger partial charge in [0.2, 0.25) is 0 Å². The fraction of sp³-hybridized carbons (Fsp3) is 0.167. The standard InChI is InChI=1S/C30H30N4O3/c1-34(2)27-8-3-5-21(17-27)19-32-29(36)26-7-4-6-25(18-26)28(20-35)33-30(37)24-11-9-22(10-12-24)23-13-15-31-16-14-23/h3-18,28,35H,19-20H2,1-2H3,(H,32,36)(H,33,37)/t28-/m1/s1. The minimum atomic E-state index is -0.656. The van der Waals surface area contributed by atoms with Crippen molar-refractivity contribution in [2.75, 3.05) is 25.6 Å². The molecule has 4 rings (SSSR count). The van der Waals surface area contributed by atoms with Gasteiger partial charge < -0.3 is 20.6 Å². The molecule has 0 fully saturated rings. The molecule has 1 atom stereocenters. The van der Waals surface area contributed by atoms with Crippen molar-refractivity contribution in [2.24, 2.45) is 0 Å². The van der Waals surface area contributed by atoms with Crippen molar-refractivity contribution in [3.05, 3.63) is 120 Å². The lowest BCUT2D eigenvalue weighted by molar-refractivity contribution is 0.0916. The quantitative estimate of drug-likeness (QED) is 0.324. The van der Waals surface area contributed by atoms with Crippen LogP contribution >= 0.6 is 0 Å². The zero-order valence-electron chi connectivity index (χ0n) is 20.9. The van der Waals surface area contributed by atoms with E-state index in [2.05, 4.69) is 15.6 Å². The van der Waals surface area contributed by atoms with Crippen LogP contribution in [0.5, 0.6) is 0 Å². The van der Waals surface area contributed by atoms with Gasteiger partial charge in [-0.15, -0.1) is 0 Å². The molecule has 0 spiro atoms. The van der Waals surface area contributed by atoms with E-state index in [1.54, 1.807) is 48.8 Å². The summed E-state index contributed by atoms with van der Waals surface area (Å²) in [6.45, 7) is 0.0869. The number of anilines is 1. The first kappa shape index (κ1) is 25.6. The molecular weight excluding hydrogens is 464 g/mol. The highest BCUT2D eigenvalue weighted by atomic mass is 16.3. The predicted molar refractivity (Wildman–Crippen MR) is 145 cm³/mol. The Kier molecular flexibility index (Phi) is 8.28. The number of hydrogen-bond donors (Lipinski definition) is 3. The van der Waals surface area contributed by atoms with Gasteiger partial charge >= 0.3 is 0 Å². The molecule has 7 nitrogen and oxygen atoms in total. The molecule has 1 aromatic heterocycles. The van der Waals surface area contributed by atoms with Crippen LogP contribution < -0.4 is 15.5 Å². The first-order valence-electron chi connectivity index (χ1n) is 12.0. The van der Waals surface area contributed by atoms with Crippen LogP contribution in [-0.4, -0.2) is 42.6 Å². The molecule has 2 amide bonds. The normalized spacial score (nSPS) is 11.4. The smallest absolute Gasteiger partial charge is 0.251 e. The summed E-state index contributed by atoms with van der Waals surface area (Å²) in [5.74, 6) is -0.539. The maximum atomic E-state index is 12.9. The molecule has 188 valence electrons. The van der Waals surface area contributed by atoms with E-state index in [-0.39, 0.29) is 18.4 Å². The molecule has 0 saturated heterocycles. The van der Waals surface area contributed by atoms with Crippen LogP contribution in [0.15, 0.2) is 97.3 Å². The topological polar surface area (TPSA) is 94.6 Å². The molecule has 0 unspecified atom stereocenters. The van der Waals surface area contributed by atoms with E-state index in [1.165, 1.54) is 0 Å². The highest BCUT2D eigenvalue weighted by molar-refractivity contribution is 5.95. The van der Waals surface area contributed by atoms with Crippen LogP contribution in [0.1, 0.15) is 37.9 Å². The first-order chi connectivity index (χ1) is 17.9. The molecule has 0 bridgehead atoms. The maximum Gasteiger partial charge on any atom is 0.251 e. The van der Waals surface area contributed by atoms with Crippen molar-refractivity contribution in [2.45, 2.75) is 12.6 Å². The highest BCUT2D eigenvalue weighted by Gasteiger charge is 2.17. The molecule has 7 heteroatoms. The van der Waals surface area contributed by atoms with Crippen LogP contribution in [0.3, 0.4) is 0 Å². The number of pyridine rings is 1. The second-order valence-electron chi connectivity index (χ2n) is 8.89. The third-order valence-corrected chi connectivity index (χ3v) is 6.08. The van der Waals surface area contributed by atoms with Crippen LogP contribution in [0.4, 0.5) is 5.69 Å². The van der Waals surface area contributed by atoms with Crippen molar-refractivity contribution in [3.63, 3.8) is 0 Å². The average Bonchev–Trinajstić information content (AvgIpc) is 2.95. The fourth-order valence-corrected chi connectivity index (χ4v) is 3.96. The van der Waals surface area contributed by atoms with Crippen molar-refractivity contribution in [1.82, 2.24) is 15.6 Å². The van der Waals surface area contributed by atoms with Gasteiger partial charge in [0.25, 0.3) is 11.8 Å². The molecule has 0 aliphatic heterocycles. The summed E-state index contributed by atoms with van der Waals surface area (Å²) < 4.78 is 0. The highest BCUT2D eigenvalue weighted by Crippen LogP contribution is 2.20. The first-order valence-corrected chi connectivity index (χ1v) is 12.0. The molecule has 4 aromatic rings. The van der Waals surface area contributed by atoms with Crippen LogP contribution in [0, 0.1) is 0 Å². The lowest BCUT2D eigenvalue weighted by atomic mass is 10.0. The van der Waals surface area contributed by atoms with E-state index in [1.807, 2.05) is 67.5 Å². The maximum absolute atomic E-state index is 12.9. The number of hydrogen-bond acceptors (Lipinski definition) is 5. The summed E-state index contributed by atoms with van der Waals surface area (Å²) in [7, 11) is 3.94. The van der Waals surface area contributed by atoms with E-state index in [0.717, 1.165) is 22.4 Å². The van der Waals surface area contributed by atoms with Crippen LogP contribution in [0.2, 0.25) is 0 Å². The van der Waals surface area contributed by atoms with E-state index in [4.69, 9.17) is 0 Å². The number of nitrogens with one attached hydrogen (secondary N) is 2. The summed E-state index contributed by atoms with van der Waals surface area (Å²) in [6.07, 6.45) is 3.44. The second kappa shape index (κ2) is 12.0. The Morgan fingerprint density at radius 2 is 1.54 bits per heavy atom. The summed E-state index contributed by atoms with van der Waals surface area (Å²) in [5, 5.41) is 15.8. The molecule has 1 heterocycles. The monoisotopic (exact) mass is 494 g/mol. The number of nitrogens with zero attached hydrogens (tertiary/aromatic N) is 2. The van der Waals surface area contributed by atoms with Gasteiger partial charge in [-0.2, -0.15) is 0 Å². The lowest BCUT2D eigenvalue weighted by Crippen LogP contribution is -2.31. The third kappa shape index (κ3) is 6.59. The Morgan fingerprint density at radius 3 is 2.24 bits per heavy atom. The van der Waals surface area contributed by atoms with Crippen LogP contribution in [-0.2, 0) is 6.54 Å². The van der Waals surface area contributed by atoms with Gasteiger partial charge in [-0.3, -0.25) is 14.6 Å². The number of aliphatic hydroxyl groups excluding tert-OH is 1. The molecular formula is C30H30N4O3. The zero-order valence-corrected chi connectivity index (χ0v) is 20.9. The summed E-state index contributed by atoms with van der Waals surface area (Å²) in [5.41, 5.74) is 5.61. The zero-order chi connectivity index (χ0) is 26.2. The van der Waals surface area contributed by atoms with Crippen molar-refractivity contribution in [1.29, 1.82) is 0 Å². The number of aromatic nitrogens is 1. The number of carbonyl (C=O) groups is 2. The SMILES string of the molecule is CN(C)c1cccc(CNC(=O)c2cccc([C@@H](CO)NC(=O)c3ccc(-c4ccncc4)cc3)c2)c1. The second-order valence-corrected chi connectivity index (χ2v) is 8.89. The molecule has 0 aliphatic rings. The Balaban J connectivity index is 1.41. The lowest BCUT2D eigenvalue weighted by Gasteiger charge is -2.18. The number of rotatable bonds is 9. The van der Waals surface area contributed by atoms with Gasteiger partial charge in [-0.1, -0.05) is 36.4 Å². The molecule has 3 aromatic carbocycles. The van der Waals surface area contributed by atoms with E-state index in [9.17, 15) is 14.7 Å². The Labute approximate surface area is 216 Å². The number of carbonyl (C=O) groups excluding carboxylic acids is 2. The van der Waals surface area contributed by atoms with Gasteiger partial charge in [-0.05, 0) is 70.8 Å². The molecule has 0 radical (unpaired) electrons. The molecule has 37 heavy (non-hydrogen) atoms. The average molecular weight is 495 g/mol. The molecule has 3 N–H and O–H groups in total. The summed E-state index contributed by atoms with van der Waals surface area (Å²) in [4.78, 5) is 31.7. The Bertz CT molecular complexity index is 1350. The third-order valence-electron chi connectivity index (χ3n) is 6.08. The van der Waals surface area contributed by atoms with E-state index < -0.39 is 6.04 Å². The number of aliphatic hydroxyl groups is 1. The van der Waals surface area contributed by atoms with Crippen LogP contribution in [0.25, 0.3) is 11.1 Å². The van der Waals surface area contributed by atoms with Gasteiger partial charge in [0, 0.05) is 49.8 Å². The Hall–Kier alpha value is -4.49. The fourth-order valence-electron chi connectivity index (χ4n) is 3.96. The summed E-state index contributed by atoms with van der Waals surface area (Å²) >= 11 is 0. The van der Waals surface area contributed by atoms with Gasteiger partial charge in [0.15, 0.2) is 0 Å². The molecule has 0 aliphatic carbocycles. The van der Waals surface area contributed by atoms with E-state index in [0.29, 0.717) is 23.2 Å². The summed E-state index contributed by atoms with van der Waals surface area (Å²) in [6, 6.07) is 25.3. The van der Waals surface area contributed by atoms with Crippen molar-refractivity contribution < 1.29 is 14.7 Å². The minimum Gasteiger partial charge on any atom is -0.394 e. The predicted octanol–water partition coefficient (Wildman–Crippen LogP) is 4.21. The van der Waals surface area contributed by atoms with Gasteiger partial charge in [0.05, 0.1) is 12.6 Å². The van der Waals surface area contributed by atoms with Crippen molar-refractivity contribution in [3.8, 4) is 11.1 Å². The minimum absolute atomic E-state index is 0.230. The largest absolute Gasteiger partial charge is 0.394 e. The van der Waals surface area contributed by atoms with E-state index >= 15 is 0 Å². The van der Waals surface area contributed by atoms with Gasteiger partial charge in [-0.25, -0.2) is 0 Å². The van der Waals surface area contributed by atoms with Gasteiger partial charge in [0.1, 0.15) is 0 Å². The molecule has 0 saturated carbocycles. The number of amides is 2.